The zero-order valence-electron chi connectivity index (χ0n) is 28.4. The lowest BCUT2D eigenvalue weighted by Crippen LogP contribution is -2.59. The summed E-state index contributed by atoms with van der Waals surface area (Å²) in [5, 5.41) is 1.22. The van der Waals surface area contributed by atoms with Gasteiger partial charge >= 0.3 is 5.97 Å². The maximum absolute atomic E-state index is 14.7. The molecule has 50 heavy (non-hydrogen) atoms. The molecule has 0 radical (unpaired) electrons. The van der Waals surface area contributed by atoms with E-state index in [2.05, 4.69) is 11.3 Å². The molecule has 2 aromatic rings. The van der Waals surface area contributed by atoms with Crippen molar-refractivity contribution < 1.29 is 37.2 Å². The smallest absolute Gasteiger partial charge is 0.302 e. The number of allylic oxidation sites excluding steroid dienone is 2. The summed E-state index contributed by atoms with van der Waals surface area (Å²) in [6.45, 7) is 7.96. The number of halogens is 2. The number of hydroxylamine groups is 2. The number of hydrogen-bond donors (Lipinski definition) is 1. The Morgan fingerprint density at radius 1 is 1.04 bits per heavy atom. The molecular formula is C36H41Cl2N3O8S. The van der Waals surface area contributed by atoms with Gasteiger partial charge in [-0.25, -0.2) is 13.1 Å². The van der Waals surface area contributed by atoms with Gasteiger partial charge in [-0.05, 0) is 60.2 Å². The summed E-state index contributed by atoms with van der Waals surface area (Å²) in [6, 6.07) is 9.06. The third-order valence-electron chi connectivity index (χ3n) is 8.46. The first-order chi connectivity index (χ1) is 23.6. The number of imide groups is 1. The molecule has 1 N–H and O–H groups in total. The van der Waals surface area contributed by atoms with Gasteiger partial charge in [0, 0.05) is 41.5 Å². The van der Waals surface area contributed by atoms with Gasteiger partial charge in [-0.15, -0.1) is 0 Å². The van der Waals surface area contributed by atoms with E-state index in [-0.39, 0.29) is 23.8 Å². The number of hydrogen-bond acceptors (Lipinski definition) is 8. The minimum Gasteiger partial charge on any atom is -0.461 e. The number of nitrogens with zero attached hydrogens (tertiary/aromatic N) is 2. The minimum atomic E-state index is -3.66. The summed E-state index contributed by atoms with van der Waals surface area (Å²) in [7, 11) is -3.66. The molecule has 4 atom stereocenters. The molecule has 0 spiro atoms. The number of benzene rings is 2. The lowest BCUT2D eigenvalue weighted by atomic mass is 9.76. The second kappa shape index (κ2) is 16.9. The third-order valence-corrected chi connectivity index (χ3v) is 9.75. The van der Waals surface area contributed by atoms with Gasteiger partial charge in [0.2, 0.25) is 15.9 Å². The summed E-state index contributed by atoms with van der Waals surface area (Å²) in [5.74, 6) is -3.43. The first-order valence-electron chi connectivity index (χ1n) is 16.0. The van der Waals surface area contributed by atoms with Crippen LogP contribution in [-0.4, -0.2) is 73.6 Å². The van der Waals surface area contributed by atoms with Gasteiger partial charge < -0.3 is 9.64 Å². The molecule has 1 aliphatic carbocycles. The molecule has 4 rings (SSSR count). The van der Waals surface area contributed by atoms with Crippen molar-refractivity contribution in [2.24, 2.45) is 0 Å². The van der Waals surface area contributed by atoms with Crippen LogP contribution in [0.3, 0.4) is 0 Å². The Morgan fingerprint density at radius 2 is 1.74 bits per heavy atom. The number of sulfonamides is 1. The predicted molar refractivity (Wildman–Crippen MR) is 191 cm³/mol. The molecule has 0 saturated heterocycles. The van der Waals surface area contributed by atoms with Crippen LogP contribution < -0.4 is 4.72 Å². The summed E-state index contributed by atoms with van der Waals surface area (Å²) >= 11 is 13.1. The van der Waals surface area contributed by atoms with Crippen molar-refractivity contribution in [3.63, 3.8) is 0 Å². The van der Waals surface area contributed by atoms with E-state index in [0.717, 1.165) is 19.1 Å². The number of nitrogens with one attached hydrogen (secondary N) is 1. The van der Waals surface area contributed by atoms with Crippen molar-refractivity contribution in [3.8, 4) is 0 Å². The monoisotopic (exact) mass is 745 g/mol. The van der Waals surface area contributed by atoms with Crippen LogP contribution in [0.1, 0.15) is 79.9 Å². The zero-order valence-corrected chi connectivity index (χ0v) is 30.7. The fraction of sp³-hybridized carbons (Fsp3) is 0.389. The van der Waals surface area contributed by atoms with E-state index in [4.69, 9.17) is 32.8 Å². The van der Waals surface area contributed by atoms with Crippen LogP contribution >= 0.6 is 23.2 Å². The molecule has 268 valence electrons. The molecule has 3 amide bonds. The number of carbonyl (C=O) groups is 4. The molecule has 0 bridgehead atoms. The summed E-state index contributed by atoms with van der Waals surface area (Å²) in [5.41, 5.74) is 2.22. The maximum Gasteiger partial charge on any atom is 0.302 e. The number of amides is 3. The van der Waals surface area contributed by atoms with E-state index < -0.39 is 57.8 Å². The van der Waals surface area contributed by atoms with Crippen LogP contribution in [-0.2, 0) is 34.0 Å². The minimum absolute atomic E-state index is 0.0367. The Balaban J connectivity index is 1.78. The van der Waals surface area contributed by atoms with E-state index in [0.29, 0.717) is 45.2 Å². The first-order valence-corrected chi connectivity index (χ1v) is 18.7. The van der Waals surface area contributed by atoms with Crippen molar-refractivity contribution in [1.29, 1.82) is 0 Å². The second-order valence-corrected chi connectivity index (χ2v) is 15.1. The zero-order chi connectivity index (χ0) is 36.7. The molecular weight excluding hydrogens is 705 g/mol. The summed E-state index contributed by atoms with van der Waals surface area (Å²) in [6.07, 6.45) is 8.50. The Kier molecular flexibility index (Phi) is 13.2. The molecule has 11 nitrogen and oxygen atoms in total. The molecule has 2 aliphatic rings. The van der Waals surface area contributed by atoms with Crippen LogP contribution in [0.15, 0.2) is 78.4 Å². The molecule has 2 aromatic carbocycles. The van der Waals surface area contributed by atoms with Crippen LogP contribution in [0.2, 0.25) is 10.0 Å². The molecule has 14 heteroatoms. The van der Waals surface area contributed by atoms with Crippen LogP contribution in [0, 0.1) is 0 Å². The van der Waals surface area contributed by atoms with E-state index in [1.807, 2.05) is 0 Å². The van der Waals surface area contributed by atoms with Crippen LogP contribution in [0.4, 0.5) is 0 Å². The highest BCUT2D eigenvalue weighted by Crippen LogP contribution is 2.48. The van der Waals surface area contributed by atoms with Crippen LogP contribution in [0.25, 0.3) is 0 Å². The number of ether oxygens (including phenoxy) is 1. The Labute approximate surface area is 302 Å². The Hall–Kier alpha value is -3.81. The molecule has 1 aliphatic heterocycles. The van der Waals surface area contributed by atoms with Gasteiger partial charge in [-0.3, -0.25) is 24.0 Å². The molecule has 0 aromatic heterocycles. The predicted octanol–water partition coefficient (Wildman–Crippen LogP) is 6.06. The average Bonchev–Trinajstić information content (AvgIpc) is 3.03. The maximum atomic E-state index is 14.7. The van der Waals surface area contributed by atoms with Crippen molar-refractivity contribution >= 4 is 56.9 Å². The molecule has 1 saturated carbocycles. The number of esters is 1. The molecule has 3 unspecified atom stereocenters. The Bertz CT molecular complexity index is 1830. The van der Waals surface area contributed by atoms with E-state index in [1.165, 1.54) is 19.9 Å². The van der Waals surface area contributed by atoms with Crippen molar-refractivity contribution in [2.45, 2.75) is 70.5 Å². The van der Waals surface area contributed by atoms with Gasteiger partial charge in [0.05, 0.1) is 24.8 Å². The van der Waals surface area contributed by atoms with Gasteiger partial charge in [0.25, 0.3) is 11.8 Å². The fourth-order valence-electron chi connectivity index (χ4n) is 6.35. The fourth-order valence-corrected chi connectivity index (χ4v) is 7.70. The third kappa shape index (κ3) is 9.70. The highest BCUT2D eigenvalue weighted by Gasteiger charge is 2.51. The van der Waals surface area contributed by atoms with Crippen molar-refractivity contribution in [3.05, 3.63) is 105 Å². The van der Waals surface area contributed by atoms with Gasteiger partial charge in [0.1, 0.15) is 6.61 Å². The van der Waals surface area contributed by atoms with Crippen molar-refractivity contribution in [1.82, 2.24) is 14.7 Å². The van der Waals surface area contributed by atoms with E-state index >= 15 is 0 Å². The van der Waals surface area contributed by atoms with Gasteiger partial charge in [-0.2, -0.15) is 5.06 Å². The quantitative estimate of drug-likeness (QED) is 0.157. The SMILES string of the molecule is C=C(/C=C\C=C(/C)CON(C(C)=O)C(=O)C1c2ccccc2C(=O)N(C2CCCCC2NS(C)(=O)=O)[C@H]1c1ccc(Cl)cc1Cl)COC(C)=O. The Morgan fingerprint density at radius 3 is 2.40 bits per heavy atom. The standard InChI is InChI=1S/C36H41Cl2N3O8S/c1-22(20-48-25(4)43)11-10-12-23(2)21-49-41(24(3)42)36(45)33-27-13-6-7-14-28(27)35(44)40(34(33)29-18-17-26(37)19-30(29)38)32-16-9-8-15-31(32)39-50(5,46)47/h6-7,10-14,17-19,31-34,39H,1,8-9,15-16,20-21H2,2-5H3/b11-10-,23-12+/t31?,32?,33?,34-/m0/s1. The largest absolute Gasteiger partial charge is 0.461 e. The molecule has 1 heterocycles. The number of carbonyl (C=O) groups excluding carboxylic acids is 4. The topological polar surface area (TPSA) is 139 Å². The number of fused-ring (bicyclic) bond motifs is 1. The lowest BCUT2D eigenvalue weighted by molar-refractivity contribution is -0.193. The lowest BCUT2D eigenvalue weighted by Gasteiger charge is -2.49. The number of rotatable bonds is 12. The highest BCUT2D eigenvalue weighted by molar-refractivity contribution is 7.88. The highest BCUT2D eigenvalue weighted by atomic mass is 35.5. The van der Waals surface area contributed by atoms with Gasteiger partial charge in [0.15, 0.2) is 0 Å². The summed E-state index contributed by atoms with van der Waals surface area (Å²) < 4.78 is 32.6. The normalized spacial score (nSPS) is 21.1. The average molecular weight is 747 g/mol. The molecule has 1 fully saturated rings. The second-order valence-electron chi connectivity index (χ2n) is 12.5. The van der Waals surface area contributed by atoms with Crippen LogP contribution in [0.5, 0.6) is 0 Å². The first kappa shape index (κ1) is 39.0. The van der Waals surface area contributed by atoms with Gasteiger partial charge in [-0.1, -0.05) is 85.1 Å². The van der Waals surface area contributed by atoms with E-state index in [1.54, 1.807) is 66.4 Å². The summed E-state index contributed by atoms with van der Waals surface area (Å²) in [4.78, 5) is 60.8. The van der Waals surface area contributed by atoms with E-state index in [9.17, 15) is 27.6 Å². The van der Waals surface area contributed by atoms with Crippen molar-refractivity contribution in [2.75, 3.05) is 19.5 Å².